The fraction of sp³-hybridized carbons (Fsp3) is 0.704. The van der Waals surface area contributed by atoms with Gasteiger partial charge in [-0.3, -0.25) is 4.79 Å². The highest BCUT2D eigenvalue weighted by molar-refractivity contribution is 8.01. The number of aliphatic hydroxyl groups is 1. The maximum Gasteiger partial charge on any atom is 0.349 e. The van der Waals surface area contributed by atoms with Crippen LogP contribution >= 0.6 is 11.8 Å². The summed E-state index contributed by atoms with van der Waals surface area (Å²) in [6, 6.07) is 8.64. The van der Waals surface area contributed by atoms with Crippen LogP contribution in [0.1, 0.15) is 48.0 Å². The third-order valence-electron chi connectivity index (χ3n) is 7.44. The number of esters is 1. The van der Waals surface area contributed by atoms with Gasteiger partial charge in [0, 0.05) is 18.2 Å². The average Bonchev–Trinajstić information content (AvgIpc) is 3.18. The molecule has 214 valence electrons. The lowest BCUT2D eigenvalue weighted by molar-refractivity contribution is -0.211. The van der Waals surface area contributed by atoms with Gasteiger partial charge >= 0.3 is 5.97 Å². The molecule has 38 heavy (non-hydrogen) atoms. The quantitative estimate of drug-likeness (QED) is 0.356. The van der Waals surface area contributed by atoms with Crippen LogP contribution < -0.4 is 5.32 Å². The molecule has 2 aliphatic rings. The number of nitrogens with one attached hydrogen (secondary N) is 1. The van der Waals surface area contributed by atoms with Crippen molar-refractivity contribution in [3.8, 4) is 0 Å². The standard InChI is InChI=1S/C27H43NO8SSi/c1-17(29)28-21-19(36-38(8,9)25(2,3)4)15-27(24(31)32-7,37-18-13-11-10-12-14-18)35-23(21)22(30)20-16-33-26(5,6)34-20/h10-14,19-23,30H,15-16H2,1-9H3,(H,28,29)/t19-,20-,21+,22+,23+,27-/m0/s1. The highest BCUT2D eigenvalue weighted by atomic mass is 32.2. The highest BCUT2D eigenvalue weighted by Crippen LogP contribution is 2.48. The number of hydrogen-bond acceptors (Lipinski definition) is 9. The first-order valence-corrected chi connectivity index (χ1v) is 16.7. The van der Waals surface area contributed by atoms with Gasteiger partial charge in [0.05, 0.1) is 25.9 Å². The lowest BCUT2D eigenvalue weighted by Gasteiger charge is -2.51. The van der Waals surface area contributed by atoms with Crippen molar-refractivity contribution in [2.24, 2.45) is 0 Å². The first-order valence-electron chi connectivity index (χ1n) is 13.0. The predicted octanol–water partition coefficient (Wildman–Crippen LogP) is 3.84. The van der Waals surface area contributed by atoms with Crippen molar-refractivity contribution in [3.63, 3.8) is 0 Å². The number of ether oxygens (including phenoxy) is 4. The lowest BCUT2D eigenvalue weighted by atomic mass is 9.89. The number of rotatable bonds is 8. The Morgan fingerprint density at radius 3 is 2.32 bits per heavy atom. The Kier molecular flexibility index (Phi) is 9.45. The monoisotopic (exact) mass is 569 g/mol. The van der Waals surface area contributed by atoms with Crippen LogP contribution in [0.3, 0.4) is 0 Å². The van der Waals surface area contributed by atoms with Crippen LogP contribution in [0.4, 0.5) is 0 Å². The van der Waals surface area contributed by atoms with Gasteiger partial charge in [0.25, 0.3) is 0 Å². The molecule has 2 saturated heterocycles. The van der Waals surface area contributed by atoms with Crippen molar-refractivity contribution in [3.05, 3.63) is 30.3 Å². The van der Waals surface area contributed by atoms with E-state index < -0.39 is 55.5 Å². The van der Waals surface area contributed by atoms with E-state index in [-0.39, 0.29) is 24.0 Å². The van der Waals surface area contributed by atoms with Crippen LogP contribution in [0.2, 0.25) is 18.1 Å². The van der Waals surface area contributed by atoms with E-state index in [9.17, 15) is 14.7 Å². The Morgan fingerprint density at radius 2 is 1.82 bits per heavy atom. The van der Waals surface area contributed by atoms with Gasteiger partial charge in [0.1, 0.15) is 18.3 Å². The third kappa shape index (κ3) is 6.99. The summed E-state index contributed by atoms with van der Waals surface area (Å²) in [5, 5.41) is 14.4. The number of carbonyl (C=O) groups excluding carboxylic acids is 2. The number of aliphatic hydroxyl groups excluding tert-OH is 1. The van der Waals surface area contributed by atoms with E-state index in [0.717, 1.165) is 4.90 Å². The van der Waals surface area contributed by atoms with Crippen molar-refractivity contribution >= 4 is 32.0 Å². The van der Waals surface area contributed by atoms with Crippen LogP contribution in [-0.4, -0.2) is 80.2 Å². The number of hydrogen-bond donors (Lipinski definition) is 2. The summed E-state index contributed by atoms with van der Waals surface area (Å²) >= 11 is 1.21. The molecule has 2 fully saturated rings. The smallest absolute Gasteiger partial charge is 0.349 e. The van der Waals surface area contributed by atoms with Crippen molar-refractivity contribution in [2.45, 2.75) is 112 Å². The summed E-state index contributed by atoms with van der Waals surface area (Å²) in [5.41, 5.74) is 0. The lowest BCUT2D eigenvalue weighted by Crippen LogP contribution is -2.68. The molecule has 2 aliphatic heterocycles. The van der Waals surface area contributed by atoms with E-state index in [1.165, 1.54) is 25.8 Å². The first-order chi connectivity index (χ1) is 17.5. The Labute approximate surface area is 231 Å². The second kappa shape index (κ2) is 11.6. The van der Waals surface area contributed by atoms with E-state index in [2.05, 4.69) is 39.2 Å². The second-order valence-electron chi connectivity index (χ2n) is 11.9. The predicted molar refractivity (Wildman–Crippen MR) is 147 cm³/mol. The van der Waals surface area contributed by atoms with Gasteiger partial charge in [-0.25, -0.2) is 4.79 Å². The number of methoxy groups -OCH3 is 1. The molecule has 3 rings (SSSR count). The van der Waals surface area contributed by atoms with Gasteiger partial charge in [-0.1, -0.05) is 50.7 Å². The van der Waals surface area contributed by atoms with Gasteiger partial charge < -0.3 is 33.8 Å². The average molecular weight is 570 g/mol. The van der Waals surface area contributed by atoms with E-state index >= 15 is 0 Å². The Morgan fingerprint density at radius 1 is 1.18 bits per heavy atom. The fourth-order valence-electron chi connectivity index (χ4n) is 4.48. The minimum absolute atomic E-state index is 0.105. The molecule has 9 nitrogen and oxygen atoms in total. The van der Waals surface area contributed by atoms with E-state index in [1.807, 2.05) is 30.3 Å². The maximum absolute atomic E-state index is 13.5. The molecule has 0 spiro atoms. The molecule has 0 aromatic heterocycles. The van der Waals surface area contributed by atoms with Crippen molar-refractivity contribution in [1.82, 2.24) is 5.32 Å². The van der Waals surface area contributed by atoms with Gasteiger partial charge in [0.15, 0.2) is 14.1 Å². The summed E-state index contributed by atoms with van der Waals surface area (Å²) < 4.78 is 30.3. The molecule has 1 aromatic carbocycles. The van der Waals surface area contributed by atoms with Crippen LogP contribution in [0, 0.1) is 0 Å². The van der Waals surface area contributed by atoms with E-state index in [4.69, 9.17) is 23.4 Å². The summed E-state index contributed by atoms with van der Waals surface area (Å²) in [5.74, 6) is -1.79. The number of benzene rings is 1. The maximum atomic E-state index is 13.5. The Bertz CT molecular complexity index is 985. The molecule has 0 unspecified atom stereocenters. The Hall–Kier alpha value is -1.47. The van der Waals surface area contributed by atoms with Gasteiger partial charge in [0.2, 0.25) is 10.8 Å². The molecule has 1 amide bonds. The molecule has 6 atom stereocenters. The molecule has 1 aromatic rings. The van der Waals surface area contributed by atoms with Crippen molar-refractivity contribution in [1.29, 1.82) is 0 Å². The van der Waals surface area contributed by atoms with Crippen LogP contribution in [0.5, 0.6) is 0 Å². The molecule has 2 N–H and O–H groups in total. The summed E-state index contributed by atoms with van der Waals surface area (Å²) in [4.78, 5) is 25.1. The number of amides is 1. The van der Waals surface area contributed by atoms with E-state index in [1.54, 1.807) is 13.8 Å². The summed E-state index contributed by atoms with van der Waals surface area (Å²) in [6.45, 7) is 15.7. The topological polar surface area (TPSA) is 113 Å². The molecule has 2 heterocycles. The Balaban J connectivity index is 2.11. The molecule has 11 heteroatoms. The zero-order valence-electron chi connectivity index (χ0n) is 23.9. The normalized spacial score (nSPS) is 30.5. The number of thioether (sulfide) groups is 1. The zero-order valence-corrected chi connectivity index (χ0v) is 25.7. The highest BCUT2D eigenvalue weighted by Gasteiger charge is 2.58. The largest absolute Gasteiger partial charge is 0.466 e. The minimum atomic E-state index is -2.41. The van der Waals surface area contributed by atoms with Crippen LogP contribution in [-0.2, 0) is 33.0 Å². The fourth-order valence-corrected chi connectivity index (χ4v) is 7.06. The molecular weight excluding hydrogens is 526 g/mol. The molecule has 0 bridgehead atoms. The van der Waals surface area contributed by atoms with Crippen LogP contribution in [0.15, 0.2) is 35.2 Å². The van der Waals surface area contributed by atoms with E-state index in [0.29, 0.717) is 0 Å². The summed E-state index contributed by atoms with van der Waals surface area (Å²) in [7, 11) is -1.10. The minimum Gasteiger partial charge on any atom is -0.466 e. The van der Waals surface area contributed by atoms with Gasteiger partial charge in [-0.2, -0.15) is 0 Å². The van der Waals surface area contributed by atoms with Gasteiger partial charge in [-0.15, -0.1) is 0 Å². The van der Waals surface area contributed by atoms with Crippen molar-refractivity contribution < 1.29 is 38.1 Å². The second-order valence-corrected chi connectivity index (χ2v) is 18.0. The number of carbonyl (C=O) groups is 2. The first kappa shape index (κ1) is 31.1. The third-order valence-corrected chi connectivity index (χ3v) is 13.2. The zero-order chi connectivity index (χ0) is 28.5. The molecule has 0 saturated carbocycles. The van der Waals surface area contributed by atoms with Crippen molar-refractivity contribution in [2.75, 3.05) is 13.7 Å². The molecule has 0 aliphatic carbocycles. The summed E-state index contributed by atoms with van der Waals surface area (Å²) in [6.07, 6.45) is -3.58. The molecule has 0 radical (unpaired) electrons. The van der Waals surface area contributed by atoms with Gasteiger partial charge in [-0.05, 0) is 44.1 Å². The van der Waals surface area contributed by atoms with Crippen LogP contribution in [0.25, 0.3) is 0 Å². The SMILES string of the molecule is COC(=O)[C@@]1(Sc2ccccc2)C[C@H](O[Si](C)(C)C(C)(C)C)[C@@H](NC(C)=O)[C@H]([C@H](O)[C@@H]2COC(C)(C)O2)O1. The molecular formula is C27H43NO8SSi.